The lowest BCUT2D eigenvalue weighted by Gasteiger charge is -2.25. The molecule has 0 aromatic carbocycles. The smallest absolute Gasteiger partial charge is 0.311 e. The summed E-state index contributed by atoms with van der Waals surface area (Å²) in [4.78, 5) is 84.2. The molecule has 0 atom stereocenters. The van der Waals surface area contributed by atoms with E-state index in [-0.39, 0.29) is 47.9 Å². The molecule has 2 amide bonds. The van der Waals surface area contributed by atoms with E-state index < -0.39 is 10.8 Å². The molecule has 0 saturated heterocycles. The van der Waals surface area contributed by atoms with Crippen molar-refractivity contribution >= 4 is 35.7 Å². The second-order valence-electron chi connectivity index (χ2n) is 34.7. The van der Waals surface area contributed by atoms with E-state index in [1.807, 2.05) is 27.7 Å². The second-order valence-corrected chi connectivity index (χ2v) is 34.7. The lowest BCUT2D eigenvalue weighted by Crippen LogP contribution is -2.36. The lowest BCUT2D eigenvalue weighted by molar-refractivity contribution is -0.155. The zero-order chi connectivity index (χ0) is 80.8. The summed E-state index contributed by atoms with van der Waals surface area (Å²) in [7, 11) is 0. The Morgan fingerprint density at radius 2 is 0.509 bits per heavy atom. The van der Waals surface area contributed by atoms with Crippen LogP contribution in [-0.2, 0) is 47.7 Å². The van der Waals surface area contributed by atoms with E-state index in [1.54, 1.807) is 0 Å². The van der Waals surface area contributed by atoms with Gasteiger partial charge in [-0.05, 0) is 169 Å². The zero-order valence-electron chi connectivity index (χ0n) is 74.6. The molecule has 0 aliphatic heterocycles. The maximum Gasteiger partial charge on any atom is 0.311 e. The van der Waals surface area contributed by atoms with Crippen LogP contribution in [0.25, 0.3) is 0 Å². The fourth-order valence-electron chi connectivity index (χ4n) is 15.1. The molecule has 0 spiro atoms. The van der Waals surface area contributed by atoms with Crippen molar-refractivity contribution in [3.8, 4) is 0 Å². The van der Waals surface area contributed by atoms with Crippen LogP contribution in [0.4, 0.5) is 0 Å². The Kier molecular flexibility index (Phi) is 76.8. The summed E-state index contributed by atoms with van der Waals surface area (Å²) in [5, 5.41) is 6.08. The molecule has 0 aliphatic rings. The van der Waals surface area contributed by atoms with Crippen LogP contribution in [0.3, 0.4) is 0 Å². The van der Waals surface area contributed by atoms with Crippen molar-refractivity contribution in [3.05, 3.63) is 12.2 Å². The number of carbonyl (C=O) groups is 6. The van der Waals surface area contributed by atoms with Crippen molar-refractivity contribution in [3.63, 3.8) is 0 Å². The number of hydrogen-bond donors (Lipinski definition) is 2. The molecule has 0 aliphatic carbocycles. The van der Waals surface area contributed by atoms with E-state index in [4.69, 9.17) is 18.9 Å². The van der Waals surface area contributed by atoms with Crippen molar-refractivity contribution in [2.24, 2.45) is 10.8 Å². The molecule has 0 saturated carbocycles. The summed E-state index contributed by atoms with van der Waals surface area (Å²) in [6, 6.07) is 0. The Hall–Kier alpha value is -3.52. The van der Waals surface area contributed by atoms with Gasteiger partial charge in [-0.3, -0.25) is 28.8 Å². The second kappa shape index (κ2) is 79.3. The van der Waals surface area contributed by atoms with E-state index in [2.05, 4.69) is 62.0 Å². The van der Waals surface area contributed by atoms with Gasteiger partial charge in [0.15, 0.2) is 0 Å². The van der Waals surface area contributed by atoms with E-state index in [0.29, 0.717) is 52.2 Å². The standard InChI is InChI=1S/C96H184N4O10/c1-11-17-23-29-35-37-39-51-65-85-107-93(105)95(7,8)75-59-63-81-99(79-61-49-41-47-57-71-91(103)109-87(67-53-43-31-25-19-13-3)68-54-44-32-26-20-14-4)83-77-97-89(101)73-74-90(102)98-78-84-100(82-64-60-76-96(9,10)94(106)108-86-66-52-40-38-36-30-24-18-12-2)80-62-50-42-48-58-72-92(104)110-88(69-55-45-33-27-21-15-5)70-56-46-34-28-22-16-6/h73-74,87-88H,11-72,75-86H2,1-10H3,(H,97,101)(H,98,102)/b74-73+. The molecule has 0 rings (SSSR count). The first-order valence-electron chi connectivity index (χ1n) is 47.9. The van der Waals surface area contributed by atoms with Crippen LogP contribution in [-0.4, -0.2) is 123 Å². The Bertz CT molecular complexity index is 1940. The van der Waals surface area contributed by atoms with E-state index in [1.165, 1.54) is 230 Å². The van der Waals surface area contributed by atoms with Gasteiger partial charge >= 0.3 is 23.9 Å². The highest BCUT2D eigenvalue weighted by atomic mass is 16.6. The summed E-state index contributed by atoms with van der Waals surface area (Å²) in [5.74, 6) is -0.891. The molecule has 110 heavy (non-hydrogen) atoms. The van der Waals surface area contributed by atoms with Gasteiger partial charge in [0.1, 0.15) is 12.2 Å². The van der Waals surface area contributed by atoms with E-state index in [0.717, 1.165) is 206 Å². The Balaban J connectivity index is 5.70. The van der Waals surface area contributed by atoms with Gasteiger partial charge in [0, 0.05) is 51.2 Å². The molecule has 0 radical (unpaired) electrons. The molecule has 0 aromatic rings. The van der Waals surface area contributed by atoms with Crippen LogP contribution in [0, 0.1) is 10.8 Å². The van der Waals surface area contributed by atoms with Gasteiger partial charge in [-0.1, -0.05) is 324 Å². The first kappa shape index (κ1) is 106. The average Bonchev–Trinajstić information content (AvgIpc) is 0.894. The third-order valence-electron chi connectivity index (χ3n) is 22.8. The number of nitrogens with one attached hydrogen (secondary N) is 2. The van der Waals surface area contributed by atoms with Gasteiger partial charge in [0.2, 0.25) is 11.8 Å². The number of unbranched alkanes of at least 4 members (excludes halogenated alkanes) is 46. The number of carbonyl (C=O) groups excluding carboxylic acids is 6. The van der Waals surface area contributed by atoms with Crippen molar-refractivity contribution in [1.82, 2.24) is 20.4 Å². The average molecular weight is 1550 g/mol. The van der Waals surface area contributed by atoms with Gasteiger partial charge < -0.3 is 39.4 Å². The van der Waals surface area contributed by atoms with Crippen LogP contribution >= 0.6 is 0 Å². The monoisotopic (exact) mass is 1550 g/mol. The number of ether oxygens (including phenoxy) is 4. The number of esters is 4. The van der Waals surface area contributed by atoms with Crippen LogP contribution in [0.2, 0.25) is 0 Å². The predicted molar refractivity (Wildman–Crippen MR) is 467 cm³/mol. The first-order chi connectivity index (χ1) is 53.5. The predicted octanol–water partition coefficient (Wildman–Crippen LogP) is 26.4. The minimum atomic E-state index is -0.556. The minimum absolute atomic E-state index is 0.0334. The molecule has 0 unspecified atom stereocenters. The van der Waals surface area contributed by atoms with Crippen LogP contribution < -0.4 is 10.6 Å². The maximum atomic E-state index is 13.3. The van der Waals surface area contributed by atoms with Crippen molar-refractivity contribution in [1.29, 1.82) is 0 Å². The van der Waals surface area contributed by atoms with Gasteiger partial charge in [-0.15, -0.1) is 0 Å². The van der Waals surface area contributed by atoms with Gasteiger partial charge in [0.25, 0.3) is 0 Å². The van der Waals surface area contributed by atoms with Crippen molar-refractivity contribution in [2.75, 3.05) is 65.6 Å². The third kappa shape index (κ3) is 71.1. The van der Waals surface area contributed by atoms with Crippen molar-refractivity contribution < 1.29 is 47.7 Å². The van der Waals surface area contributed by atoms with E-state index in [9.17, 15) is 28.8 Å². The van der Waals surface area contributed by atoms with Crippen LogP contribution in [0.5, 0.6) is 0 Å². The molecule has 0 bridgehead atoms. The number of nitrogens with zero attached hydrogens (tertiary/aromatic N) is 2. The molecular formula is C96H184N4O10. The fraction of sp³-hybridized carbons (Fsp3) is 0.917. The molecule has 648 valence electrons. The van der Waals surface area contributed by atoms with Gasteiger partial charge in [-0.2, -0.15) is 0 Å². The van der Waals surface area contributed by atoms with E-state index >= 15 is 0 Å². The normalized spacial score (nSPS) is 12.0. The zero-order valence-corrected chi connectivity index (χ0v) is 74.6. The molecule has 14 nitrogen and oxygen atoms in total. The Morgan fingerprint density at radius 3 is 0.782 bits per heavy atom. The van der Waals surface area contributed by atoms with Crippen molar-refractivity contribution in [2.45, 2.75) is 492 Å². The van der Waals surface area contributed by atoms with Crippen LogP contribution in [0.15, 0.2) is 12.2 Å². The summed E-state index contributed by atoms with van der Waals surface area (Å²) in [6.07, 6.45) is 74.7. The highest BCUT2D eigenvalue weighted by molar-refractivity contribution is 5.96. The summed E-state index contributed by atoms with van der Waals surface area (Å²) in [5.41, 5.74) is -1.11. The topological polar surface area (TPSA) is 170 Å². The van der Waals surface area contributed by atoms with Gasteiger partial charge in [0.05, 0.1) is 24.0 Å². The number of hydrogen-bond acceptors (Lipinski definition) is 12. The highest BCUT2D eigenvalue weighted by Crippen LogP contribution is 2.28. The lowest BCUT2D eigenvalue weighted by atomic mass is 9.87. The number of amides is 2. The maximum absolute atomic E-state index is 13.3. The molecule has 14 heteroatoms. The third-order valence-corrected chi connectivity index (χ3v) is 22.8. The van der Waals surface area contributed by atoms with Crippen LogP contribution in [0.1, 0.15) is 480 Å². The molecular weight excluding hydrogens is 1370 g/mol. The summed E-state index contributed by atoms with van der Waals surface area (Å²) >= 11 is 0. The minimum Gasteiger partial charge on any atom is -0.465 e. The quantitative estimate of drug-likeness (QED) is 0.0256. The molecule has 0 aromatic heterocycles. The highest BCUT2D eigenvalue weighted by Gasteiger charge is 2.30. The largest absolute Gasteiger partial charge is 0.465 e. The number of rotatable bonds is 86. The first-order valence-corrected chi connectivity index (χ1v) is 47.9. The summed E-state index contributed by atoms with van der Waals surface area (Å²) < 4.78 is 23.9. The Labute approximate surface area is 681 Å². The SMILES string of the molecule is CCCCCCCCCCCOC(=O)C(C)(C)CCCCN(CCCCCCCC(=O)OC(CCCCCCCC)CCCCCCCC)CCNC(=O)/C=C/C(=O)NCCN(CCCCCCCC(=O)OC(CCCCCCCC)CCCCCCCC)CCCCC(C)(C)C(=O)OCCCCCCCCCCC. The molecule has 0 heterocycles. The van der Waals surface area contributed by atoms with Gasteiger partial charge in [-0.25, -0.2) is 0 Å². The fourth-order valence-corrected chi connectivity index (χ4v) is 15.1. The molecule has 0 fully saturated rings. The molecule has 2 N–H and O–H groups in total. The Morgan fingerprint density at radius 1 is 0.282 bits per heavy atom. The summed E-state index contributed by atoms with van der Waals surface area (Å²) in [6.45, 7) is 28.3.